The topological polar surface area (TPSA) is 57.5 Å². The molecule has 4 aliphatic carbocycles. The fourth-order valence-electron chi connectivity index (χ4n) is 9.41. The van der Waals surface area contributed by atoms with Crippen molar-refractivity contribution in [2.24, 2.45) is 39.4 Å². The third kappa shape index (κ3) is 3.58. The van der Waals surface area contributed by atoms with Gasteiger partial charge in [-0.05, 0) is 112 Å². The maximum absolute atomic E-state index is 12.5. The van der Waals surface area contributed by atoms with E-state index in [0.29, 0.717) is 5.92 Å². The molecule has 1 unspecified atom stereocenters. The minimum atomic E-state index is -0.592. The molecule has 2 saturated carbocycles. The third-order valence-electron chi connectivity index (χ3n) is 11.6. The number of hydrogen-bond donors (Lipinski definition) is 2. The van der Waals surface area contributed by atoms with Crippen LogP contribution in [0.3, 0.4) is 0 Å². The molecule has 33 heavy (non-hydrogen) atoms. The maximum atomic E-state index is 12.5. The van der Waals surface area contributed by atoms with Crippen molar-refractivity contribution in [3.8, 4) is 0 Å². The van der Waals surface area contributed by atoms with Crippen LogP contribution >= 0.6 is 0 Å². The lowest BCUT2D eigenvalue weighted by Crippen LogP contribution is -2.55. The van der Waals surface area contributed by atoms with Gasteiger partial charge >= 0.3 is 5.97 Å². The Labute approximate surface area is 202 Å². The molecule has 0 aliphatic heterocycles. The summed E-state index contributed by atoms with van der Waals surface area (Å²) in [4.78, 5) is 12.5. The van der Waals surface area contributed by atoms with Crippen molar-refractivity contribution in [3.05, 3.63) is 22.8 Å². The van der Waals surface area contributed by atoms with Gasteiger partial charge in [0, 0.05) is 0 Å². The van der Waals surface area contributed by atoms with Gasteiger partial charge in [0.25, 0.3) is 0 Å². The first-order chi connectivity index (χ1) is 15.3. The largest absolute Gasteiger partial charge is 0.481 e. The molecule has 0 heterocycles. The number of carboxylic acid groups (broad SMARTS) is 1. The van der Waals surface area contributed by atoms with E-state index in [2.05, 4.69) is 54.5 Å². The summed E-state index contributed by atoms with van der Waals surface area (Å²) in [6.07, 6.45) is 12.3. The van der Waals surface area contributed by atoms with Crippen molar-refractivity contribution in [2.75, 3.05) is 0 Å². The highest BCUT2D eigenvalue weighted by Gasteiger charge is 2.64. The van der Waals surface area contributed by atoms with Crippen LogP contribution in [0.2, 0.25) is 0 Å². The monoisotopic (exact) mass is 456 g/mol. The molecule has 0 aromatic heterocycles. The number of allylic oxidation sites excluding steroid dienone is 4. The molecular formula is C30H48O3. The zero-order chi connectivity index (χ0) is 24.4. The number of hydrogen-bond acceptors (Lipinski definition) is 2. The number of fused-ring (bicyclic) bond motifs is 4. The van der Waals surface area contributed by atoms with Crippen molar-refractivity contribution in [2.45, 2.75) is 119 Å². The molecule has 2 N–H and O–H groups in total. The highest BCUT2D eigenvalue weighted by molar-refractivity contribution is 5.70. The van der Waals surface area contributed by atoms with Crippen molar-refractivity contribution in [1.29, 1.82) is 0 Å². The molecule has 4 rings (SSSR count). The summed E-state index contributed by atoms with van der Waals surface area (Å²) >= 11 is 0. The maximum Gasteiger partial charge on any atom is 0.306 e. The molecule has 7 atom stereocenters. The SMILES string of the molecule is CC(C)=CCCC(C(=O)O)[C@H]1CC[C@@]2(C)C3=C(CC[C@]12C)[C@@]1(C)CC[C@H](O)C(C)(C)[C@@H]1CC3. The first kappa shape index (κ1) is 25.0. The molecule has 0 radical (unpaired) electrons. The summed E-state index contributed by atoms with van der Waals surface area (Å²) in [5.74, 6) is -0.0420. The van der Waals surface area contributed by atoms with Crippen LogP contribution in [0.5, 0.6) is 0 Å². The van der Waals surface area contributed by atoms with Crippen molar-refractivity contribution < 1.29 is 15.0 Å². The van der Waals surface area contributed by atoms with Crippen LogP contribution in [0.25, 0.3) is 0 Å². The first-order valence-electron chi connectivity index (χ1n) is 13.6. The zero-order valence-corrected chi connectivity index (χ0v) is 22.3. The normalized spacial score (nSPS) is 42.7. The van der Waals surface area contributed by atoms with E-state index in [9.17, 15) is 15.0 Å². The van der Waals surface area contributed by atoms with E-state index >= 15 is 0 Å². The molecule has 0 aromatic rings. The van der Waals surface area contributed by atoms with Crippen LogP contribution in [-0.2, 0) is 4.79 Å². The highest BCUT2D eigenvalue weighted by atomic mass is 16.4. The van der Waals surface area contributed by atoms with Gasteiger partial charge in [-0.15, -0.1) is 0 Å². The molecule has 0 aromatic carbocycles. The zero-order valence-electron chi connectivity index (χ0n) is 22.3. The predicted molar refractivity (Wildman–Crippen MR) is 135 cm³/mol. The summed E-state index contributed by atoms with van der Waals surface area (Å²) < 4.78 is 0. The molecule has 3 heteroatoms. The second-order valence-corrected chi connectivity index (χ2v) is 13.5. The van der Waals surface area contributed by atoms with Gasteiger partial charge in [-0.1, -0.05) is 57.4 Å². The number of carbonyl (C=O) groups is 1. The van der Waals surface area contributed by atoms with Crippen LogP contribution in [0.15, 0.2) is 22.8 Å². The molecular weight excluding hydrogens is 408 g/mol. The number of rotatable bonds is 5. The molecule has 2 fully saturated rings. The fourth-order valence-corrected chi connectivity index (χ4v) is 9.41. The molecule has 0 amide bonds. The van der Waals surface area contributed by atoms with Crippen molar-refractivity contribution in [3.63, 3.8) is 0 Å². The lowest BCUT2D eigenvalue weighted by molar-refractivity contribution is -0.146. The Morgan fingerprint density at radius 1 is 1.00 bits per heavy atom. The van der Waals surface area contributed by atoms with E-state index in [1.807, 2.05) is 0 Å². The number of aliphatic carboxylic acids is 1. The number of aliphatic hydroxyl groups excluding tert-OH is 1. The highest BCUT2D eigenvalue weighted by Crippen LogP contribution is 2.72. The smallest absolute Gasteiger partial charge is 0.306 e. The second-order valence-electron chi connectivity index (χ2n) is 13.5. The molecule has 0 saturated heterocycles. The predicted octanol–water partition coefficient (Wildman–Crippen LogP) is 7.54. The molecule has 4 aliphatic rings. The van der Waals surface area contributed by atoms with E-state index in [1.54, 1.807) is 11.1 Å². The average molecular weight is 457 g/mol. The average Bonchev–Trinajstić information content (AvgIpc) is 3.00. The van der Waals surface area contributed by atoms with Gasteiger partial charge in [0.2, 0.25) is 0 Å². The Kier molecular flexibility index (Phi) is 6.25. The van der Waals surface area contributed by atoms with Gasteiger partial charge in [0.05, 0.1) is 12.0 Å². The Balaban J connectivity index is 1.69. The third-order valence-corrected chi connectivity index (χ3v) is 11.6. The Morgan fingerprint density at radius 3 is 2.33 bits per heavy atom. The van der Waals surface area contributed by atoms with Gasteiger partial charge < -0.3 is 10.2 Å². The van der Waals surface area contributed by atoms with E-state index in [1.165, 1.54) is 12.0 Å². The molecule has 186 valence electrons. The van der Waals surface area contributed by atoms with Crippen LogP contribution in [-0.4, -0.2) is 22.3 Å². The van der Waals surface area contributed by atoms with Crippen LogP contribution in [0.4, 0.5) is 0 Å². The minimum Gasteiger partial charge on any atom is -0.481 e. The van der Waals surface area contributed by atoms with Crippen molar-refractivity contribution in [1.82, 2.24) is 0 Å². The minimum absolute atomic E-state index is 0.0370. The fraction of sp³-hybridized carbons (Fsp3) is 0.833. The van der Waals surface area contributed by atoms with Crippen molar-refractivity contribution >= 4 is 5.97 Å². The Morgan fingerprint density at radius 2 is 1.70 bits per heavy atom. The number of carboxylic acids is 1. The lowest BCUT2D eigenvalue weighted by Gasteiger charge is -2.62. The van der Waals surface area contributed by atoms with E-state index < -0.39 is 5.97 Å². The van der Waals surface area contributed by atoms with E-state index in [0.717, 1.165) is 57.8 Å². The van der Waals surface area contributed by atoms with Crippen LogP contribution in [0.1, 0.15) is 113 Å². The van der Waals surface area contributed by atoms with Gasteiger partial charge in [-0.25, -0.2) is 0 Å². The summed E-state index contributed by atoms with van der Waals surface area (Å²) in [7, 11) is 0. The Hall–Kier alpha value is -1.09. The summed E-state index contributed by atoms with van der Waals surface area (Å²) in [6.45, 7) is 16.2. The van der Waals surface area contributed by atoms with Gasteiger partial charge in [0.1, 0.15) is 0 Å². The standard InChI is InChI=1S/C30H48O3/c1-19(2)9-8-10-20(26(32)33)21-13-17-30(7)23-11-12-24-27(3,4)25(31)15-16-28(24,5)22(23)14-18-29(21,30)6/h9,20-21,24-25,31H,8,10-18H2,1-7H3,(H,32,33)/t20?,21-,24+,25+,28-,29-,30+/m1/s1. The number of aliphatic hydroxyl groups is 1. The molecule has 0 bridgehead atoms. The second kappa shape index (κ2) is 8.25. The quantitative estimate of drug-likeness (QED) is 0.420. The summed E-state index contributed by atoms with van der Waals surface area (Å²) in [5.41, 5.74) is 5.00. The van der Waals surface area contributed by atoms with Gasteiger partial charge in [-0.3, -0.25) is 4.79 Å². The van der Waals surface area contributed by atoms with Gasteiger partial charge in [-0.2, -0.15) is 0 Å². The van der Waals surface area contributed by atoms with Crippen LogP contribution < -0.4 is 0 Å². The van der Waals surface area contributed by atoms with E-state index in [-0.39, 0.29) is 39.6 Å². The van der Waals surface area contributed by atoms with Gasteiger partial charge in [0.15, 0.2) is 0 Å². The lowest BCUT2D eigenvalue weighted by atomic mass is 9.43. The molecule has 0 spiro atoms. The first-order valence-corrected chi connectivity index (χ1v) is 13.6. The molecule has 3 nitrogen and oxygen atoms in total. The summed E-state index contributed by atoms with van der Waals surface area (Å²) in [5, 5.41) is 21.0. The Bertz CT molecular complexity index is 862. The van der Waals surface area contributed by atoms with Crippen LogP contribution in [0, 0.1) is 39.4 Å². The van der Waals surface area contributed by atoms with E-state index in [4.69, 9.17) is 0 Å². The summed E-state index contributed by atoms with van der Waals surface area (Å²) in [6, 6.07) is 0.